The van der Waals surface area contributed by atoms with Gasteiger partial charge in [-0.15, -0.1) is 0 Å². The fourth-order valence-corrected chi connectivity index (χ4v) is 2.61. The van der Waals surface area contributed by atoms with E-state index in [1.165, 1.54) is 13.8 Å². The Kier molecular flexibility index (Phi) is 2.82. The highest BCUT2D eigenvalue weighted by molar-refractivity contribution is 5.94. The molecule has 0 bridgehead atoms. The summed E-state index contributed by atoms with van der Waals surface area (Å²) in [5.41, 5.74) is 4.71. The van der Waals surface area contributed by atoms with E-state index in [0.29, 0.717) is 0 Å². The smallest absolute Gasteiger partial charge is 0.238 e. The number of carbonyl (C=O) groups is 2. The number of benzene rings is 1. The molecule has 1 N–H and O–H groups in total. The van der Waals surface area contributed by atoms with Crippen LogP contribution in [0.4, 0.5) is 0 Å². The lowest BCUT2D eigenvalue weighted by molar-refractivity contribution is -0.132. The first-order valence-electron chi connectivity index (χ1n) is 6.43. The lowest BCUT2D eigenvalue weighted by Crippen LogP contribution is -2.36. The van der Waals surface area contributed by atoms with Crippen LogP contribution in [-0.4, -0.2) is 21.4 Å². The fraction of sp³-hybridized carbons (Fsp3) is 0.200. The second kappa shape index (κ2) is 4.52. The topological polar surface area (TPSA) is 54.3 Å². The van der Waals surface area contributed by atoms with Gasteiger partial charge in [0.15, 0.2) is 0 Å². The van der Waals surface area contributed by atoms with Crippen molar-refractivity contribution in [1.82, 2.24) is 15.0 Å². The third kappa shape index (κ3) is 1.79. The van der Waals surface area contributed by atoms with Crippen LogP contribution in [0.2, 0.25) is 0 Å². The molecule has 0 aliphatic carbocycles. The van der Waals surface area contributed by atoms with Crippen molar-refractivity contribution < 1.29 is 9.59 Å². The summed E-state index contributed by atoms with van der Waals surface area (Å²) in [6.07, 6.45) is 5.46. The minimum Gasteiger partial charge on any atom is -0.303 e. The molecule has 0 spiro atoms. The average Bonchev–Trinajstić information content (AvgIpc) is 3.02. The molecule has 2 aromatic rings. The normalized spacial score (nSPS) is 17.5. The van der Waals surface area contributed by atoms with Gasteiger partial charge in [0.05, 0.1) is 5.52 Å². The number of fused-ring (bicyclic) bond motifs is 1. The van der Waals surface area contributed by atoms with Crippen molar-refractivity contribution in [2.24, 2.45) is 0 Å². The number of nitrogens with zero attached hydrogens (tertiary/aromatic N) is 2. The van der Waals surface area contributed by atoms with Crippen molar-refractivity contribution in [3.63, 3.8) is 0 Å². The molecule has 5 nitrogen and oxygen atoms in total. The van der Waals surface area contributed by atoms with Crippen LogP contribution in [0.15, 0.2) is 42.7 Å². The van der Waals surface area contributed by atoms with E-state index in [2.05, 4.69) is 5.43 Å². The molecule has 1 unspecified atom stereocenters. The Labute approximate surface area is 116 Å². The van der Waals surface area contributed by atoms with Crippen LogP contribution >= 0.6 is 0 Å². The van der Waals surface area contributed by atoms with Crippen molar-refractivity contribution in [3.05, 3.63) is 48.3 Å². The molecule has 20 heavy (non-hydrogen) atoms. The van der Waals surface area contributed by atoms with Gasteiger partial charge in [-0.25, -0.2) is 5.01 Å². The second-order valence-corrected chi connectivity index (χ2v) is 4.81. The Morgan fingerprint density at radius 1 is 1.15 bits per heavy atom. The number of carbonyl (C=O) groups excluding carboxylic acids is 2. The maximum atomic E-state index is 11.8. The van der Waals surface area contributed by atoms with Gasteiger partial charge in [0.2, 0.25) is 11.8 Å². The molecule has 0 saturated heterocycles. The fourth-order valence-electron chi connectivity index (χ4n) is 2.61. The zero-order valence-corrected chi connectivity index (χ0v) is 11.3. The van der Waals surface area contributed by atoms with E-state index in [1.807, 2.05) is 36.5 Å². The van der Waals surface area contributed by atoms with Crippen molar-refractivity contribution in [1.29, 1.82) is 0 Å². The Morgan fingerprint density at radius 2 is 1.90 bits per heavy atom. The van der Waals surface area contributed by atoms with Gasteiger partial charge in [-0.3, -0.25) is 14.2 Å². The van der Waals surface area contributed by atoms with Gasteiger partial charge in [0.25, 0.3) is 0 Å². The number of hydrogen-bond donors (Lipinski definition) is 1. The van der Waals surface area contributed by atoms with Crippen LogP contribution in [0.25, 0.3) is 10.9 Å². The summed E-state index contributed by atoms with van der Waals surface area (Å²) in [6.45, 7) is 3.04. The van der Waals surface area contributed by atoms with Crippen LogP contribution in [0, 0.1) is 0 Å². The maximum absolute atomic E-state index is 11.8. The van der Waals surface area contributed by atoms with E-state index in [4.69, 9.17) is 0 Å². The molecule has 1 aliphatic rings. The zero-order chi connectivity index (χ0) is 14.3. The number of para-hydroxylation sites is 1. The first-order chi connectivity index (χ1) is 9.59. The van der Waals surface area contributed by atoms with E-state index in [0.717, 1.165) is 16.5 Å². The van der Waals surface area contributed by atoms with Crippen molar-refractivity contribution in [2.45, 2.75) is 19.9 Å². The van der Waals surface area contributed by atoms with Gasteiger partial charge in [0.1, 0.15) is 6.04 Å². The standard InChI is InChI=1S/C15H15N3O2/c1-10(19)17-9-13(12-5-3-4-6-14(12)17)15-7-8-16-18(15)11(2)20/h3-9,15-16H,1-2H3. The summed E-state index contributed by atoms with van der Waals surface area (Å²) in [7, 11) is 0. The van der Waals surface area contributed by atoms with E-state index in [9.17, 15) is 9.59 Å². The second-order valence-electron chi connectivity index (χ2n) is 4.81. The number of nitrogens with one attached hydrogen (secondary N) is 1. The summed E-state index contributed by atoms with van der Waals surface area (Å²) in [6, 6.07) is 7.51. The maximum Gasteiger partial charge on any atom is 0.238 e. The number of hydrogen-bond acceptors (Lipinski definition) is 3. The lowest BCUT2D eigenvalue weighted by Gasteiger charge is -2.22. The van der Waals surface area contributed by atoms with Crippen LogP contribution < -0.4 is 5.43 Å². The summed E-state index contributed by atoms with van der Waals surface area (Å²) in [4.78, 5) is 23.4. The first kappa shape index (κ1) is 12.5. The minimum absolute atomic E-state index is 0.0447. The van der Waals surface area contributed by atoms with E-state index >= 15 is 0 Å². The van der Waals surface area contributed by atoms with E-state index in [1.54, 1.807) is 15.8 Å². The summed E-state index contributed by atoms with van der Waals surface area (Å²) >= 11 is 0. The molecule has 1 aromatic heterocycles. The van der Waals surface area contributed by atoms with Crippen molar-refractivity contribution >= 4 is 22.7 Å². The quantitative estimate of drug-likeness (QED) is 0.863. The molecular formula is C15H15N3O2. The largest absolute Gasteiger partial charge is 0.303 e. The molecule has 0 saturated carbocycles. The van der Waals surface area contributed by atoms with Gasteiger partial charge in [0, 0.05) is 37.2 Å². The summed E-state index contributed by atoms with van der Waals surface area (Å²) in [5, 5.41) is 2.53. The monoisotopic (exact) mass is 269 g/mol. The molecule has 2 heterocycles. The predicted octanol–water partition coefficient (Wildman–Crippen LogP) is 2.22. The highest BCUT2D eigenvalue weighted by atomic mass is 16.2. The van der Waals surface area contributed by atoms with Gasteiger partial charge in [-0.2, -0.15) is 0 Å². The number of rotatable bonds is 1. The number of aromatic nitrogens is 1. The lowest BCUT2D eigenvalue weighted by atomic mass is 10.1. The first-order valence-corrected chi connectivity index (χ1v) is 6.43. The molecule has 5 heteroatoms. The minimum atomic E-state index is -0.196. The number of amides is 1. The van der Waals surface area contributed by atoms with Gasteiger partial charge in [-0.1, -0.05) is 18.2 Å². The SMILES string of the molecule is CC(=O)N1NC=CC1c1cn(C(C)=O)c2ccccc12. The van der Waals surface area contributed by atoms with Crippen LogP contribution in [0.5, 0.6) is 0 Å². The molecule has 0 fully saturated rings. The predicted molar refractivity (Wildman–Crippen MR) is 75.8 cm³/mol. The van der Waals surface area contributed by atoms with Crippen LogP contribution in [0.3, 0.4) is 0 Å². The van der Waals surface area contributed by atoms with E-state index in [-0.39, 0.29) is 17.9 Å². The van der Waals surface area contributed by atoms with Crippen molar-refractivity contribution in [2.75, 3.05) is 0 Å². The third-order valence-electron chi connectivity index (χ3n) is 3.51. The molecule has 0 radical (unpaired) electrons. The molecule has 1 amide bonds. The Balaban J connectivity index is 2.19. The molecule has 102 valence electrons. The van der Waals surface area contributed by atoms with Gasteiger partial charge in [-0.05, 0) is 12.1 Å². The molecule has 1 aromatic carbocycles. The Bertz CT molecular complexity index is 730. The summed E-state index contributed by atoms with van der Waals surface area (Å²) in [5.74, 6) is -0.114. The summed E-state index contributed by atoms with van der Waals surface area (Å²) < 4.78 is 1.62. The molecular weight excluding hydrogens is 254 g/mol. The molecule has 1 aliphatic heterocycles. The zero-order valence-electron chi connectivity index (χ0n) is 11.3. The van der Waals surface area contributed by atoms with E-state index < -0.39 is 0 Å². The van der Waals surface area contributed by atoms with Crippen LogP contribution in [0.1, 0.15) is 30.2 Å². The Hall–Kier alpha value is -2.56. The Morgan fingerprint density at radius 3 is 2.60 bits per heavy atom. The number of hydrazine groups is 1. The molecule has 1 atom stereocenters. The highest BCUT2D eigenvalue weighted by Gasteiger charge is 2.27. The van der Waals surface area contributed by atoms with Gasteiger partial charge < -0.3 is 5.43 Å². The molecule has 3 rings (SSSR count). The highest BCUT2D eigenvalue weighted by Crippen LogP contribution is 2.32. The van der Waals surface area contributed by atoms with Gasteiger partial charge >= 0.3 is 0 Å². The van der Waals surface area contributed by atoms with Crippen LogP contribution in [-0.2, 0) is 4.79 Å². The third-order valence-corrected chi connectivity index (χ3v) is 3.51. The van der Waals surface area contributed by atoms with Crippen molar-refractivity contribution in [3.8, 4) is 0 Å². The average molecular weight is 269 g/mol.